The first kappa shape index (κ1) is 17.9. The number of fused-ring (bicyclic) bond motifs is 3. The minimum atomic E-state index is -0.637. The largest absolute Gasteiger partial charge is 0.507 e. The molecule has 1 heterocycles. The maximum absolute atomic E-state index is 12.2. The summed E-state index contributed by atoms with van der Waals surface area (Å²) in [6.45, 7) is 4.15. The van der Waals surface area contributed by atoms with Gasteiger partial charge < -0.3 is 19.9 Å². The van der Waals surface area contributed by atoms with E-state index in [9.17, 15) is 14.7 Å². The molecule has 0 saturated heterocycles. The molecule has 144 valence electrons. The Bertz CT molecular complexity index is 813. The molecule has 1 aliphatic heterocycles. The van der Waals surface area contributed by atoms with Crippen molar-refractivity contribution in [2.75, 3.05) is 13.2 Å². The Labute approximate surface area is 158 Å². The number of ether oxygens (including phenoxy) is 2. The van der Waals surface area contributed by atoms with Gasteiger partial charge in [-0.1, -0.05) is 12.2 Å². The van der Waals surface area contributed by atoms with Crippen LogP contribution in [0.3, 0.4) is 0 Å². The summed E-state index contributed by atoms with van der Waals surface area (Å²) in [5, 5.41) is 13.1. The Kier molecular flexibility index (Phi) is 4.36. The molecule has 3 atom stereocenters. The molecule has 0 spiro atoms. The molecule has 0 aromatic heterocycles. The molecule has 1 fully saturated rings. The van der Waals surface area contributed by atoms with Gasteiger partial charge in [0.1, 0.15) is 28.4 Å². The van der Waals surface area contributed by atoms with Gasteiger partial charge in [0.25, 0.3) is 5.91 Å². The van der Waals surface area contributed by atoms with Crippen LogP contribution in [0.5, 0.6) is 17.2 Å². The number of benzene rings is 1. The fourth-order valence-electron chi connectivity index (χ4n) is 4.40. The molecular formula is C21H25NO5. The molecule has 1 saturated carbocycles. The van der Waals surface area contributed by atoms with Gasteiger partial charge in [0, 0.05) is 18.7 Å². The van der Waals surface area contributed by atoms with Gasteiger partial charge in [-0.3, -0.25) is 9.59 Å². The van der Waals surface area contributed by atoms with E-state index in [1.807, 2.05) is 13.8 Å². The fourth-order valence-corrected chi connectivity index (χ4v) is 4.40. The number of amides is 1. The van der Waals surface area contributed by atoms with Crippen molar-refractivity contribution in [3.05, 3.63) is 29.8 Å². The van der Waals surface area contributed by atoms with Crippen molar-refractivity contribution in [3.8, 4) is 17.2 Å². The quantitative estimate of drug-likeness (QED) is 0.778. The van der Waals surface area contributed by atoms with Crippen molar-refractivity contribution in [2.45, 2.75) is 38.7 Å². The lowest BCUT2D eigenvalue weighted by molar-refractivity contribution is -0.123. The van der Waals surface area contributed by atoms with Crippen LogP contribution in [-0.4, -0.2) is 35.5 Å². The molecule has 3 aliphatic rings. The van der Waals surface area contributed by atoms with Gasteiger partial charge in [0.05, 0.1) is 6.42 Å². The van der Waals surface area contributed by atoms with E-state index in [2.05, 4.69) is 17.5 Å². The summed E-state index contributed by atoms with van der Waals surface area (Å²) in [4.78, 5) is 24.3. The molecule has 2 aliphatic carbocycles. The van der Waals surface area contributed by atoms with Crippen LogP contribution >= 0.6 is 0 Å². The molecule has 6 nitrogen and oxygen atoms in total. The highest BCUT2D eigenvalue weighted by molar-refractivity contribution is 6.03. The highest BCUT2D eigenvalue weighted by atomic mass is 16.5. The number of aromatic hydroxyl groups is 1. The number of phenols is 1. The Morgan fingerprint density at radius 2 is 2.15 bits per heavy atom. The van der Waals surface area contributed by atoms with Crippen molar-refractivity contribution in [1.82, 2.24) is 5.32 Å². The van der Waals surface area contributed by atoms with Crippen LogP contribution in [0.15, 0.2) is 24.3 Å². The minimum absolute atomic E-state index is 0.147. The average molecular weight is 371 g/mol. The average Bonchev–Trinajstić information content (AvgIpc) is 3.19. The van der Waals surface area contributed by atoms with Crippen LogP contribution < -0.4 is 14.8 Å². The Hall–Kier alpha value is -2.50. The summed E-state index contributed by atoms with van der Waals surface area (Å²) in [5.41, 5.74) is -0.461. The second kappa shape index (κ2) is 6.59. The molecule has 2 N–H and O–H groups in total. The molecule has 1 amide bonds. The van der Waals surface area contributed by atoms with Crippen LogP contribution in [0.1, 0.15) is 43.5 Å². The Morgan fingerprint density at radius 1 is 1.33 bits per heavy atom. The fraction of sp³-hybridized carbons (Fsp3) is 0.524. The smallest absolute Gasteiger partial charge is 0.257 e. The summed E-state index contributed by atoms with van der Waals surface area (Å²) < 4.78 is 11.3. The van der Waals surface area contributed by atoms with E-state index >= 15 is 0 Å². The molecule has 0 radical (unpaired) electrons. The number of hydrogen-bond acceptors (Lipinski definition) is 5. The number of Topliss-reactive ketones (excluding diaryl/α,β-unsaturated/α-hetero) is 1. The van der Waals surface area contributed by atoms with E-state index in [0.717, 1.165) is 6.42 Å². The summed E-state index contributed by atoms with van der Waals surface area (Å²) >= 11 is 0. The SMILES string of the molecule is CC1(C)CC(=O)c2c(O)cc(OCC(=O)NC[C@@H]3C[C@@H]4C=C[C@@H]3C4)cc2O1. The number of carbonyl (C=O) groups is 2. The van der Waals surface area contributed by atoms with Crippen LogP contribution in [0.2, 0.25) is 0 Å². The highest BCUT2D eigenvalue weighted by Crippen LogP contribution is 2.43. The van der Waals surface area contributed by atoms with Crippen molar-refractivity contribution in [1.29, 1.82) is 0 Å². The monoisotopic (exact) mass is 371 g/mol. The van der Waals surface area contributed by atoms with Gasteiger partial charge in [-0.2, -0.15) is 0 Å². The van der Waals surface area contributed by atoms with E-state index in [-0.39, 0.29) is 36.0 Å². The van der Waals surface area contributed by atoms with Gasteiger partial charge >= 0.3 is 0 Å². The Balaban J connectivity index is 1.34. The van der Waals surface area contributed by atoms with E-state index in [1.165, 1.54) is 12.5 Å². The number of allylic oxidation sites excluding steroid dienone is 2. The summed E-state index contributed by atoms with van der Waals surface area (Å²) in [5.74, 6) is 1.83. The van der Waals surface area contributed by atoms with Gasteiger partial charge in [0.2, 0.25) is 0 Å². The molecule has 0 unspecified atom stereocenters. The maximum atomic E-state index is 12.2. The molecular weight excluding hydrogens is 346 g/mol. The van der Waals surface area contributed by atoms with Crippen LogP contribution in [0.25, 0.3) is 0 Å². The van der Waals surface area contributed by atoms with Crippen LogP contribution in [0, 0.1) is 17.8 Å². The molecule has 2 bridgehead atoms. The Morgan fingerprint density at radius 3 is 2.85 bits per heavy atom. The number of rotatable bonds is 5. The van der Waals surface area contributed by atoms with E-state index in [0.29, 0.717) is 35.8 Å². The molecule has 1 aromatic rings. The third-order valence-electron chi connectivity index (χ3n) is 5.65. The number of ketones is 1. The van der Waals surface area contributed by atoms with Crippen LogP contribution in [0.4, 0.5) is 0 Å². The number of hydrogen-bond donors (Lipinski definition) is 2. The minimum Gasteiger partial charge on any atom is -0.507 e. The van der Waals surface area contributed by atoms with Crippen molar-refractivity contribution >= 4 is 11.7 Å². The lowest BCUT2D eigenvalue weighted by Gasteiger charge is -2.32. The number of phenolic OH excluding ortho intramolecular Hbond substituents is 1. The standard InChI is InChI=1S/C21H25NO5/c1-21(2)9-17(24)20-16(23)7-15(8-18(20)27-21)26-11-19(25)22-10-14-6-12-3-4-13(14)5-12/h3-4,7-8,12-14,23H,5-6,9-11H2,1-2H3,(H,22,25)/t12-,13-,14+/m1/s1. The lowest BCUT2D eigenvalue weighted by atomic mass is 9.92. The third kappa shape index (κ3) is 3.66. The van der Waals surface area contributed by atoms with Gasteiger partial charge in [-0.15, -0.1) is 0 Å². The van der Waals surface area contributed by atoms with E-state index < -0.39 is 5.60 Å². The maximum Gasteiger partial charge on any atom is 0.257 e. The molecule has 27 heavy (non-hydrogen) atoms. The summed E-state index contributed by atoms with van der Waals surface area (Å²) in [7, 11) is 0. The second-order valence-corrected chi connectivity index (χ2v) is 8.41. The van der Waals surface area contributed by atoms with Crippen molar-refractivity contribution < 1.29 is 24.2 Å². The first-order valence-corrected chi connectivity index (χ1v) is 9.48. The summed E-state index contributed by atoms with van der Waals surface area (Å²) in [6, 6.07) is 2.91. The van der Waals surface area contributed by atoms with E-state index in [4.69, 9.17) is 9.47 Å². The normalized spacial score (nSPS) is 27.2. The van der Waals surface area contributed by atoms with Crippen molar-refractivity contribution in [3.63, 3.8) is 0 Å². The molecule has 1 aromatic carbocycles. The summed E-state index contributed by atoms with van der Waals surface area (Å²) in [6.07, 6.45) is 7.10. The predicted molar refractivity (Wildman–Crippen MR) is 99.1 cm³/mol. The van der Waals surface area contributed by atoms with Gasteiger partial charge in [-0.05, 0) is 44.4 Å². The molecule has 4 rings (SSSR count). The van der Waals surface area contributed by atoms with Crippen molar-refractivity contribution in [2.24, 2.45) is 17.8 Å². The first-order chi connectivity index (χ1) is 12.8. The zero-order valence-corrected chi connectivity index (χ0v) is 15.7. The lowest BCUT2D eigenvalue weighted by Crippen LogP contribution is -2.36. The number of nitrogens with one attached hydrogen (secondary N) is 1. The molecule has 6 heteroatoms. The van der Waals surface area contributed by atoms with E-state index in [1.54, 1.807) is 6.07 Å². The highest BCUT2D eigenvalue weighted by Gasteiger charge is 2.36. The number of carbonyl (C=O) groups excluding carboxylic acids is 2. The predicted octanol–water partition coefficient (Wildman–Crippen LogP) is 2.84. The van der Waals surface area contributed by atoms with Gasteiger partial charge in [-0.25, -0.2) is 0 Å². The first-order valence-electron chi connectivity index (χ1n) is 9.48. The zero-order valence-electron chi connectivity index (χ0n) is 15.7. The van der Waals surface area contributed by atoms with Crippen LogP contribution in [-0.2, 0) is 4.79 Å². The second-order valence-electron chi connectivity index (χ2n) is 8.41. The third-order valence-corrected chi connectivity index (χ3v) is 5.65. The topological polar surface area (TPSA) is 84.9 Å². The van der Waals surface area contributed by atoms with Gasteiger partial charge in [0.15, 0.2) is 12.4 Å². The zero-order chi connectivity index (χ0) is 19.2.